The molecular formula is C5H5N3O4. The van der Waals surface area contributed by atoms with Gasteiger partial charge in [-0.15, -0.1) is 0 Å². The van der Waals surface area contributed by atoms with Gasteiger partial charge in [0, 0.05) is 0 Å². The maximum absolute atomic E-state index is 10.3. The molecule has 1 aromatic rings. The molecule has 0 aromatic carbocycles. The second-order valence-corrected chi connectivity index (χ2v) is 2.07. The molecule has 1 rings (SSSR count). The molecule has 1 aromatic heterocycles. The Bertz CT molecular complexity index is 311. The fourth-order valence-corrected chi connectivity index (χ4v) is 0.773. The molecule has 7 nitrogen and oxygen atoms in total. The minimum atomic E-state index is -1.33. The van der Waals surface area contributed by atoms with Crippen LogP contribution in [0, 0.1) is 17.0 Å². The highest BCUT2D eigenvalue weighted by Crippen LogP contribution is 2.15. The van der Waals surface area contributed by atoms with Crippen molar-refractivity contribution in [3.8, 4) is 0 Å². The molecule has 0 fully saturated rings. The van der Waals surface area contributed by atoms with Gasteiger partial charge < -0.3 is 5.11 Å². The number of carbonyl (C=O) groups is 1. The van der Waals surface area contributed by atoms with Crippen molar-refractivity contribution in [2.24, 2.45) is 0 Å². The number of nitrogens with zero attached hydrogens (tertiary/aromatic N) is 3. The zero-order chi connectivity index (χ0) is 9.30. The zero-order valence-electron chi connectivity index (χ0n) is 6.09. The van der Waals surface area contributed by atoms with Gasteiger partial charge >= 0.3 is 11.8 Å². The third-order valence-corrected chi connectivity index (χ3v) is 1.36. The predicted octanol–water partition coefficient (Wildman–Crippen LogP) is 0.626. The van der Waals surface area contributed by atoms with Crippen LogP contribution >= 0.6 is 0 Å². The lowest BCUT2D eigenvalue weighted by Crippen LogP contribution is -2.11. The lowest BCUT2D eigenvalue weighted by molar-refractivity contribution is -0.385. The number of carboxylic acid groups (broad SMARTS) is 1. The van der Waals surface area contributed by atoms with E-state index in [0.717, 1.165) is 6.20 Å². The van der Waals surface area contributed by atoms with Crippen molar-refractivity contribution in [1.29, 1.82) is 0 Å². The first-order chi connectivity index (χ1) is 5.54. The number of hydrogen-bond donors (Lipinski definition) is 1. The van der Waals surface area contributed by atoms with E-state index in [9.17, 15) is 14.9 Å². The minimum absolute atomic E-state index is 0.00694. The molecule has 0 aliphatic rings. The van der Waals surface area contributed by atoms with Crippen molar-refractivity contribution in [3.63, 3.8) is 0 Å². The Hall–Kier alpha value is -1.92. The summed E-state index contributed by atoms with van der Waals surface area (Å²) in [4.78, 5) is 19.9. The van der Waals surface area contributed by atoms with Crippen molar-refractivity contribution in [1.82, 2.24) is 9.78 Å². The van der Waals surface area contributed by atoms with E-state index < -0.39 is 11.0 Å². The first-order valence-electron chi connectivity index (χ1n) is 2.96. The summed E-state index contributed by atoms with van der Waals surface area (Å²) in [5.74, 6) is 0. The first-order valence-corrected chi connectivity index (χ1v) is 2.96. The van der Waals surface area contributed by atoms with E-state index in [2.05, 4.69) is 5.10 Å². The van der Waals surface area contributed by atoms with Crippen LogP contribution in [0.1, 0.15) is 5.69 Å². The zero-order valence-corrected chi connectivity index (χ0v) is 6.09. The smallest absolute Gasteiger partial charge is 0.432 e. The van der Waals surface area contributed by atoms with Crippen LogP contribution in [0.4, 0.5) is 10.5 Å². The molecule has 0 aliphatic heterocycles. The Kier molecular flexibility index (Phi) is 1.78. The quantitative estimate of drug-likeness (QED) is 0.493. The van der Waals surface area contributed by atoms with Gasteiger partial charge in [-0.1, -0.05) is 0 Å². The van der Waals surface area contributed by atoms with Crippen molar-refractivity contribution < 1.29 is 14.8 Å². The summed E-state index contributed by atoms with van der Waals surface area (Å²) >= 11 is 0. The van der Waals surface area contributed by atoms with Crippen LogP contribution < -0.4 is 0 Å². The van der Waals surface area contributed by atoms with Crippen molar-refractivity contribution in [2.75, 3.05) is 0 Å². The molecule has 1 heterocycles. The molecule has 0 saturated carbocycles. The summed E-state index contributed by atoms with van der Waals surface area (Å²) in [5.41, 5.74) is -0.287. The van der Waals surface area contributed by atoms with Crippen LogP contribution in [0.3, 0.4) is 0 Å². The lowest BCUT2D eigenvalue weighted by Gasteiger charge is -1.92. The molecule has 12 heavy (non-hydrogen) atoms. The summed E-state index contributed by atoms with van der Waals surface area (Å²) < 4.78 is 0.554. The molecule has 64 valence electrons. The highest BCUT2D eigenvalue weighted by molar-refractivity contribution is 5.69. The van der Waals surface area contributed by atoms with Crippen molar-refractivity contribution >= 4 is 11.8 Å². The molecular weight excluding hydrogens is 166 g/mol. The third-order valence-electron chi connectivity index (χ3n) is 1.36. The van der Waals surface area contributed by atoms with E-state index in [1.165, 1.54) is 6.92 Å². The summed E-state index contributed by atoms with van der Waals surface area (Å²) in [6.07, 6.45) is -0.427. The van der Waals surface area contributed by atoms with Crippen LogP contribution in [0.2, 0.25) is 0 Å². The molecule has 0 unspecified atom stereocenters. The first kappa shape index (κ1) is 8.18. The standard InChI is InChI=1S/C5H5N3O4/c1-3-4(8(11)12)2-6-7(3)5(9)10/h2H,1H3,(H,9,10). The topological polar surface area (TPSA) is 98.3 Å². The van der Waals surface area contributed by atoms with E-state index in [1.807, 2.05) is 0 Å². The fourth-order valence-electron chi connectivity index (χ4n) is 0.773. The normalized spacial score (nSPS) is 9.75. The third kappa shape index (κ3) is 1.11. The van der Waals surface area contributed by atoms with Gasteiger partial charge in [-0.25, -0.2) is 4.79 Å². The Morgan fingerprint density at radius 1 is 1.83 bits per heavy atom. The summed E-state index contributed by atoms with van der Waals surface area (Å²) in [6.45, 7) is 1.32. The second-order valence-electron chi connectivity index (χ2n) is 2.07. The van der Waals surface area contributed by atoms with Crippen molar-refractivity contribution in [2.45, 2.75) is 6.92 Å². The molecule has 0 amide bonds. The van der Waals surface area contributed by atoms with Crippen LogP contribution in [-0.2, 0) is 0 Å². The van der Waals surface area contributed by atoms with E-state index >= 15 is 0 Å². The molecule has 0 aliphatic carbocycles. The van der Waals surface area contributed by atoms with Gasteiger partial charge in [0.05, 0.1) is 4.92 Å². The van der Waals surface area contributed by atoms with Crippen LogP contribution in [0.15, 0.2) is 6.20 Å². The second kappa shape index (κ2) is 2.61. The number of nitro groups is 1. The Labute approximate surface area is 66.4 Å². The van der Waals surface area contributed by atoms with Gasteiger partial charge in [0.2, 0.25) is 0 Å². The highest BCUT2D eigenvalue weighted by Gasteiger charge is 2.19. The average molecular weight is 171 g/mol. The number of rotatable bonds is 1. The van der Waals surface area contributed by atoms with Gasteiger partial charge in [0.15, 0.2) is 0 Å². The molecule has 0 spiro atoms. The van der Waals surface area contributed by atoms with Crippen LogP contribution in [0.5, 0.6) is 0 Å². The minimum Gasteiger partial charge on any atom is -0.463 e. The number of hydrogen-bond acceptors (Lipinski definition) is 4. The predicted molar refractivity (Wildman–Crippen MR) is 37.0 cm³/mol. The van der Waals surface area contributed by atoms with E-state index in [1.54, 1.807) is 0 Å². The monoisotopic (exact) mass is 171 g/mol. The van der Waals surface area contributed by atoms with E-state index in [-0.39, 0.29) is 11.4 Å². The SMILES string of the molecule is Cc1c([N+](=O)[O-])cnn1C(=O)O. The molecule has 0 saturated heterocycles. The van der Waals surface area contributed by atoms with E-state index in [4.69, 9.17) is 5.11 Å². The van der Waals surface area contributed by atoms with Gasteiger partial charge in [-0.2, -0.15) is 9.78 Å². The highest BCUT2D eigenvalue weighted by atomic mass is 16.6. The molecule has 1 N–H and O–H groups in total. The average Bonchev–Trinajstić information content (AvgIpc) is 2.30. The molecule has 0 bridgehead atoms. The Balaban J connectivity index is 3.22. The number of aromatic nitrogens is 2. The maximum atomic E-state index is 10.3. The van der Waals surface area contributed by atoms with Crippen molar-refractivity contribution in [3.05, 3.63) is 22.0 Å². The molecule has 7 heteroatoms. The van der Waals surface area contributed by atoms with E-state index in [0.29, 0.717) is 4.68 Å². The van der Waals surface area contributed by atoms with Crippen LogP contribution in [-0.4, -0.2) is 25.9 Å². The summed E-state index contributed by atoms with van der Waals surface area (Å²) in [7, 11) is 0. The largest absolute Gasteiger partial charge is 0.463 e. The van der Waals surface area contributed by atoms with Crippen LogP contribution in [0.25, 0.3) is 0 Å². The lowest BCUT2D eigenvalue weighted by atomic mass is 10.4. The van der Waals surface area contributed by atoms with Gasteiger partial charge in [-0.3, -0.25) is 10.1 Å². The fraction of sp³-hybridized carbons (Fsp3) is 0.200. The van der Waals surface area contributed by atoms with Gasteiger partial charge in [0.25, 0.3) is 0 Å². The van der Waals surface area contributed by atoms with Gasteiger partial charge in [-0.05, 0) is 6.92 Å². The Morgan fingerprint density at radius 2 is 2.42 bits per heavy atom. The molecule has 0 atom stereocenters. The maximum Gasteiger partial charge on any atom is 0.432 e. The Morgan fingerprint density at radius 3 is 2.67 bits per heavy atom. The summed E-state index contributed by atoms with van der Waals surface area (Å²) in [6, 6.07) is 0. The van der Waals surface area contributed by atoms with Gasteiger partial charge in [0.1, 0.15) is 11.9 Å². The summed E-state index contributed by atoms with van der Waals surface area (Å²) in [5, 5.41) is 22.0. The molecule has 0 radical (unpaired) electrons.